The third-order valence-corrected chi connectivity index (χ3v) is 6.34. The molecule has 5 rings (SSSR count). The molecule has 0 saturated carbocycles. The highest BCUT2D eigenvalue weighted by Gasteiger charge is 2.28. The fraction of sp³-hybridized carbons (Fsp3) is 0.292. The van der Waals surface area contributed by atoms with Crippen molar-refractivity contribution in [3.8, 4) is 0 Å². The summed E-state index contributed by atoms with van der Waals surface area (Å²) in [5.74, 6) is 0.349. The van der Waals surface area contributed by atoms with Gasteiger partial charge in [-0.1, -0.05) is 58.8 Å². The van der Waals surface area contributed by atoms with E-state index in [1.54, 1.807) is 33.8 Å². The van der Waals surface area contributed by atoms with E-state index in [-0.39, 0.29) is 22.9 Å². The first-order chi connectivity index (χ1) is 16.0. The van der Waals surface area contributed by atoms with Crippen LogP contribution in [0.15, 0.2) is 53.3 Å². The number of nitrogens with zero attached hydrogens (tertiary/aromatic N) is 5. The summed E-state index contributed by atoms with van der Waals surface area (Å²) in [6, 6.07) is 15.1. The molecular weight excluding hydrogens is 440 g/mol. The molecule has 4 aromatic rings. The van der Waals surface area contributed by atoms with Crippen molar-refractivity contribution in [2.75, 3.05) is 13.1 Å². The average Bonchev–Trinajstić information content (AvgIpc) is 3.22. The number of rotatable bonds is 4. The largest absolute Gasteiger partial charge is 0.338 e. The van der Waals surface area contributed by atoms with Crippen LogP contribution in [0.1, 0.15) is 46.1 Å². The second-order valence-electron chi connectivity index (χ2n) is 8.43. The van der Waals surface area contributed by atoms with Crippen LogP contribution in [0.25, 0.3) is 11.2 Å². The maximum atomic E-state index is 13.0. The molecule has 33 heavy (non-hydrogen) atoms. The Labute approximate surface area is 195 Å². The van der Waals surface area contributed by atoms with E-state index in [9.17, 15) is 9.59 Å². The van der Waals surface area contributed by atoms with Gasteiger partial charge in [-0.3, -0.25) is 9.59 Å². The summed E-state index contributed by atoms with van der Waals surface area (Å²) >= 11 is 6.24. The Morgan fingerprint density at radius 2 is 2.06 bits per heavy atom. The highest BCUT2D eigenvalue weighted by Crippen LogP contribution is 2.27. The minimum Gasteiger partial charge on any atom is -0.338 e. The molecular formula is C24H23ClN6O2. The first kappa shape index (κ1) is 21.3. The number of carbonyl (C=O) groups is 1. The van der Waals surface area contributed by atoms with Gasteiger partial charge >= 0.3 is 0 Å². The highest BCUT2D eigenvalue weighted by molar-refractivity contribution is 6.33. The smallest absolute Gasteiger partial charge is 0.281 e. The van der Waals surface area contributed by atoms with Crippen LogP contribution in [0.5, 0.6) is 0 Å². The van der Waals surface area contributed by atoms with E-state index < -0.39 is 0 Å². The Morgan fingerprint density at radius 1 is 1.21 bits per heavy atom. The number of aromatic nitrogens is 5. The molecule has 0 radical (unpaired) electrons. The molecule has 1 fully saturated rings. The fourth-order valence-electron chi connectivity index (χ4n) is 4.36. The van der Waals surface area contributed by atoms with Crippen molar-refractivity contribution in [2.24, 2.45) is 0 Å². The van der Waals surface area contributed by atoms with Crippen molar-refractivity contribution in [3.63, 3.8) is 0 Å². The molecule has 0 spiro atoms. The van der Waals surface area contributed by atoms with Crippen LogP contribution in [0.3, 0.4) is 0 Å². The Morgan fingerprint density at radius 3 is 2.88 bits per heavy atom. The number of hydrogen-bond donors (Lipinski definition) is 1. The van der Waals surface area contributed by atoms with Gasteiger partial charge in [0.1, 0.15) is 5.82 Å². The van der Waals surface area contributed by atoms with Gasteiger partial charge < -0.3 is 9.88 Å². The molecule has 2 aromatic heterocycles. The maximum Gasteiger partial charge on any atom is 0.281 e. The summed E-state index contributed by atoms with van der Waals surface area (Å²) in [4.78, 5) is 35.2. The molecule has 1 saturated heterocycles. The van der Waals surface area contributed by atoms with Gasteiger partial charge in [0.15, 0.2) is 11.2 Å². The lowest BCUT2D eigenvalue weighted by molar-refractivity contribution is 0.0704. The Balaban J connectivity index is 1.44. The molecule has 9 heteroatoms. The van der Waals surface area contributed by atoms with Crippen LogP contribution in [-0.4, -0.2) is 48.9 Å². The number of aryl methyl sites for hydroxylation is 1. The molecule has 2 aromatic carbocycles. The Hall–Kier alpha value is -3.52. The predicted molar refractivity (Wildman–Crippen MR) is 126 cm³/mol. The average molecular weight is 463 g/mol. The molecule has 0 unspecified atom stereocenters. The van der Waals surface area contributed by atoms with E-state index in [2.05, 4.69) is 21.4 Å². The van der Waals surface area contributed by atoms with Crippen molar-refractivity contribution in [3.05, 3.63) is 86.4 Å². The van der Waals surface area contributed by atoms with E-state index >= 15 is 0 Å². The van der Waals surface area contributed by atoms with Gasteiger partial charge in [0.05, 0.1) is 17.1 Å². The second-order valence-corrected chi connectivity index (χ2v) is 8.84. The van der Waals surface area contributed by atoms with Crippen LogP contribution < -0.4 is 5.56 Å². The van der Waals surface area contributed by atoms with Crippen LogP contribution in [0.4, 0.5) is 0 Å². The summed E-state index contributed by atoms with van der Waals surface area (Å²) in [6.45, 7) is 3.59. The maximum absolute atomic E-state index is 13.0. The third-order valence-electron chi connectivity index (χ3n) is 6.01. The fourth-order valence-corrected chi connectivity index (χ4v) is 4.57. The lowest BCUT2D eigenvalue weighted by Gasteiger charge is -2.32. The second kappa shape index (κ2) is 8.78. The molecule has 1 atom stereocenters. The zero-order valence-electron chi connectivity index (χ0n) is 18.2. The first-order valence-electron chi connectivity index (χ1n) is 10.9. The number of fused-ring (bicyclic) bond motifs is 1. The van der Waals surface area contributed by atoms with Gasteiger partial charge in [-0.2, -0.15) is 0 Å². The summed E-state index contributed by atoms with van der Waals surface area (Å²) in [7, 11) is 0. The van der Waals surface area contributed by atoms with Crippen molar-refractivity contribution in [1.29, 1.82) is 0 Å². The van der Waals surface area contributed by atoms with Crippen molar-refractivity contribution in [2.45, 2.75) is 32.2 Å². The van der Waals surface area contributed by atoms with E-state index in [1.165, 1.54) is 0 Å². The zero-order valence-corrected chi connectivity index (χ0v) is 18.9. The zero-order chi connectivity index (χ0) is 22.9. The highest BCUT2D eigenvalue weighted by atomic mass is 35.5. The third kappa shape index (κ3) is 4.26. The molecule has 1 aliphatic heterocycles. The summed E-state index contributed by atoms with van der Waals surface area (Å²) in [5.41, 5.74) is 3.03. The standard InChI is InChI=1S/C24H23ClN6O2/c1-15-6-4-7-16(12-15)13-31-22-20(28-29-31)23(32)27-21(26-22)17-8-5-11-30(14-17)24(33)18-9-2-3-10-19(18)25/h2-4,6-7,9-10,12,17H,5,8,11,13-14H2,1H3,(H,26,27,32)/t17-/m1/s1. The summed E-state index contributed by atoms with van der Waals surface area (Å²) in [6.07, 6.45) is 1.63. The van der Waals surface area contributed by atoms with Gasteiger partial charge in [-0.25, -0.2) is 9.67 Å². The number of piperidine rings is 1. The molecule has 1 amide bonds. The molecule has 1 N–H and O–H groups in total. The van der Waals surface area contributed by atoms with E-state index in [1.807, 2.05) is 25.1 Å². The van der Waals surface area contributed by atoms with E-state index in [0.29, 0.717) is 41.7 Å². The van der Waals surface area contributed by atoms with Crippen molar-refractivity contribution < 1.29 is 4.79 Å². The molecule has 1 aliphatic rings. The number of aromatic amines is 1. The van der Waals surface area contributed by atoms with Gasteiger partial charge in [-0.15, -0.1) is 5.10 Å². The molecule has 8 nitrogen and oxygen atoms in total. The minimum absolute atomic E-state index is 0.0930. The number of benzene rings is 2. The topological polar surface area (TPSA) is 96.8 Å². The minimum atomic E-state index is -0.319. The number of carbonyl (C=O) groups excluding carboxylic acids is 1. The monoisotopic (exact) mass is 462 g/mol. The van der Waals surface area contributed by atoms with Crippen molar-refractivity contribution >= 4 is 28.7 Å². The van der Waals surface area contributed by atoms with Crippen LogP contribution >= 0.6 is 11.6 Å². The number of likely N-dealkylation sites (tertiary alicyclic amines) is 1. The number of H-pyrrole nitrogens is 1. The Kier molecular flexibility index (Phi) is 5.68. The van der Waals surface area contributed by atoms with Gasteiger partial charge in [0.25, 0.3) is 11.5 Å². The van der Waals surface area contributed by atoms with Crippen LogP contribution in [0.2, 0.25) is 5.02 Å². The first-order valence-corrected chi connectivity index (χ1v) is 11.3. The number of amides is 1. The lowest BCUT2D eigenvalue weighted by Crippen LogP contribution is -2.40. The lowest BCUT2D eigenvalue weighted by atomic mass is 9.96. The predicted octanol–water partition coefficient (Wildman–Crippen LogP) is 3.54. The van der Waals surface area contributed by atoms with Crippen molar-refractivity contribution in [1.82, 2.24) is 29.9 Å². The van der Waals surface area contributed by atoms with E-state index in [4.69, 9.17) is 16.6 Å². The summed E-state index contributed by atoms with van der Waals surface area (Å²) < 4.78 is 1.65. The Bertz CT molecular complexity index is 1400. The number of halogens is 1. The van der Waals surface area contributed by atoms with Gasteiger partial charge in [-0.05, 0) is 37.5 Å². The summed E-state index contributed by atoms with van der Waals surface area (Å²) in [5, 5.41) is 8.64. The quantitative estimate of drug-likeness (QED) is 0.500. The van der Waals surface area contributed by atoms with Gasteiger partial charge in [0.2, 0.25) is 0 Å². The SMILES string of the molecule is Cc1cccc(Cn2nnc3c(=O)[nH]c([C@@H]4CCCN(C(=O)c5ccccc5Cl)C4)nc32)c1. The molecule has 0 bridgehead atoms. The normalized spacial score (nSPS) is 16.3. The van der Waals surface area contributed by atoms with Crippen LogP contribution in [-0.2, 0) is 6.54 Å². The van der Waals surface area contributed by atoms with Crippen LogP contribution in [0, 0.1) is 6.92 Å². The van der Waals surface area contributed by atoms with Gasteiger partial charge in [0, 0.05) is 19.0 Å². The number of nitrogens with one attached hydrogen (secondary N) is 1. The van der Waals surface area contributed by atoms with E-state index in [0.717, 1.165) is 24.0 Å². The number of hydrogen-bond acceptors (Lipinski definition) is 5. The molecule has 0 aliphatic carbocycles. The molecule has 3 heterocycles. The molecule has 168 valence electrons.